The number of hydrogen-bond acceptors (Lipinski definition) is 3. The number of nitrogens with one attached hydrogen (secondary N) is 2. The van der Waals surface area contributed by atoms with Gasteiger partial charge in [-0.1, -0.05) is 31.2 Å². The van der Waals surface area contributed by atoms with Crippen LogP contribution in [0.5, 0.6) is 0 Å². The van der Waals surface area contributed by atoms with Crippen LogP contribution in [0.15, 0.2) is 47.1 Å². The van der Waals surface area contributed by atoms with Crippen molar-refractivity contribution in [2.24, 2.45) is 5.92 Å². The zero-order valence-electron chi connectivity index (χ0n) is 16.6. The summed E-state index contributed by atoms with van der Waals surface area (Å²) in [5, 5.41) is 5.98. The number of amides is 3. The van der Waals surface area contributed by atoms with Crippen molar-refractivity contribution in [3.63, 3.8) is 0 Å². The molecule has 6 nitrogen and oxygen atoms in total. The molecule has 1 saturated heterocycles. The fourth-order valence-electron chi connectivity index (χ4n) is 3.49. The molecule has 3 rings (SSSR count). The molecule has 1 atom stereocenters. The van der Waals surface area contributed by atoms with Gasteiger partial charge in [0.05, 0.1) is 18.8 Å². The van der Waals surface area contributed by atoms with Gasteiger partial charge in [-0.25, -0.2) is 4.79 Å². The maximum atomic E-state index is 12.6. The summed E-state index contributed by atoms with van der Waals surface area (Å²) in [7, 11) is 0. The first-order valence-electron chi connectivity index (χ1n) is 10.0. The molecule has 1 aliphatic rings. The predicted molar refractivity (Wildman–Crippen MR) is 108 cm³/mol. The van der Waals surface area contributed by atoms with E-state index in [2.05, 4.69) is 41.8 Å². The molecule has 2 N–H and O–H groups in total. The minimum atomic E-state index is -0.111. The lowest BCUT2D eigenvalue weighted by Gasteiger charge is -2.32. The van der Waals surface area contributed by atoms with Gasteiger partial charge in [0.25, 0.3) is 0 Å². The molecule has 0 spiro atoms. The zero-order valence-corrected chi connectivity index (χ0v) is 16.6. The molecular weight excluding hydrogens is 354 g/mol. The molecule has 1 unspecified atom stereocenters. The molecule has 3 amide bonds. The van der Waals surface area contributed by atoms with Gasteiger partial charge in [-0.05, 0) is 49.4 Å². The highest BCUT2D eigenvalue weighted by Crippen LogP contribution is 2.20. The number of piperidine rings is 1. The number of aryl methyl sites for hydroxylation is 1. The minimum Gasteiger partial charge on any atom is -0.467 e. The highest BCUT2D eigenvalue weighted by Gasteiger charge is 2.28. The largest absolute Gasteiger partial charge is 0.467 e. The zero-order chi connectivity index (χ0) is 19.9. The summed E-state index contributed by atoms with van der Waals surface area (Å²) in [6.45, 7) is 5.68. The quantitative estimate of drug-likeness (QED) is 0.800. The summed E-state index contributed by atoms with van der Waals surface area (Å²) in [4.78, 5) is 26.6. The van der Waals surface area contributed by atoms with Crippen LogP contribution in [-0.4, -0.2) is 29.9 Å². The molecule has 2 aromatic rings. The Kier molecular flexibility index (Phi) is 6.74. The van der Waals surface area contributed by atoms with E-state index in [4.69, 9.17) is 4.42 Å². The number of rotatable bonds is 6. The van der Waals surface area contributed by atoms with Gasteiger partial charge >= 0.3 is 6.03 Å². The summed E-state index contributed by atoms with van der Waals surface area (Å²) in [6, 6.07) is 11.9. The van der Waals surface area contributed by atoms with Crippen molar-refractivity contribution in [2.45, 2.75) is 45.7 Å². The minimum absolute atomic E-state index is 0.0203. The van der Waals surface area contributed by atoms with Gasteiger partial charge in [0.1, 0.15) is 5.76 Å². The van der Waals surface area contributed by atoms with E-state index in [0.29, 0.717) is 32.5 Å². The average Bonchev–Trinajstić information content (AvgIpc) is 3.25. The summed E-state index contributed by atoms with van der Waals surface area (Å²) < 4.78 is 5.22. The molecule has 1 aromatic heterocycles. The first-order valence-corrected chi connectivity index (χ1v) is 10.0. The van der Waals surface area contributed by atoms with Crippen molar-refractivity contribution in [1.82, 2.24) is 15.5 Å². The average molecular weight is 383 g/mol. The van der Waals surface area contributed by atoms with Crippen molar-refractivity contribution in [1.29, 1.82) is 0 Å². The number of nitrogens with zero attached hydrogens (tertiary/aromatic N) is 1. The van der Waals surface area contributed by atoms with Gasteiger partial charge in [-0.3, -0.25) is 4.79 Å². The monoisotopic (exact) mass is 383 g/mol. The molecule has 150 valence electrons. The van der Waals surface area contributed by atoms with Gasteiger partial charge in [-0.15, -0.1) is 0 Å². The Morgan fingerprint density at radius 2 is 1.89 bits per heavy atom. The maximum Gasteiger partial charge on any atom is 0.317 e. The van der Waals surface area contributed by atoms with Crippen LogP contribution in [-0.2, 0) is 17.8 Å². The number of likely N-dealkylation sites (tertiary alicyclic amines) is 1. The number of urea groups is 1. The van der Waals surface area contributed by atoms with Crippen molar-refractivity contribution in [3.05, 3.63) is 59.5 Å². The topological polar surface area (TPSA) is 74.6 Å². The van der Waals surface area contributed by atoms with E-state index in [1.807, 2.05) is 13.0 Å². The van der Waals surface area contributed by atoms with Gasteiger partial charge in [0.15, 0.2) is 0 Å². The molecule has 0 radical (unpaired) electrons. The van der Waals surface area contributed by atoms with Crippen LogP contribution in [0.25, 0.3) is 0 Å². The van der Waals surface area contributed by atoms with Gasteiger partial charge < -0.3 is 20.0 Å². The SMILES string of the molecule is CCc1ccc(C(C)NC(=O)C2CCN(C(=O)NCc3ccco3)CC2)cc1. The van der Waals surface area contributed by atoms with Crippen LogP contribution >= 0.6 is 0 Å². The van der Waals surface area contributed by atoms with E-state index >= 15 is 0 Å². The third-order valence-electron chi connectivity index (χ3n) is 5.39. The molecule has 0 aliphatic carbocycles. The van der Waals surface area contributed by atoms with Crippen LogP contribution in [0.4, 0.5) is 4.79 Å². The number of furan rings is 1. The van der Waals surface area contributed by atoms with Crippen LogP contribution in [0.3, 0.4) is 0 Å². The Morgan fingerprint density at radius 1 is 1.18 bits per heavy atom. The molecule has 1 aromatic carbocycles. The molecule has 1 aliphatic heterocycles. The summed E-state index contributed by atoms with van der Waals surface area (Å²) in [6.07, 6.45) is 3.96. The second-order valence-electron chi connectivity index (χ2n) is 7.32. The highest BCUT2D eigenvalue weighted by molar-refractivity contribution is 5.80. The molecule has 28 heavy (non-hydrogen) atoms. The number of carbonyl (C=O) groups is 2. The number of carbonyl (C=O) groups excluding carboxylic acids is 2. The van der Waals surface area contributed by atoms with E-state index in [9.17, 15) is 9.59 Å². The lowest BCUT2D eigenvalue weighted by Crippen LogP contribution is -2.46. The van der Waals surface area contributed by atoms with Crippen molar-refractivity contribution in [3.8, 4) is 0 Å². The molecular formula is C22H29N3O3. The second-order valence-corrected chi connectivity index (χ2v) is 7.32. The van der Waals surface area contributed by atoms with Crippen LogP contribution in [0.2, 0.25) is 0 Å². The summed E-state index contributed by atoms with van der Waals surface area (Å²) in [5.74, 6) is 0.748. The van der Waals surface area contributed by atoms with E-state index in [1.54, 1.807) is 17.2 Å². The Balaban J connectivity index is 1.43. The van der Waals surface area contributed by atoms with Crippen molar-refractivity contribution in [2.75, 3.05) is 13.1 Å². The lowest BCUT2D eigenvalue weighted by molar-refractivity contribution is -0.126. The Hall–Kier alpha value is -2.76. The first kappa shape index (κ1) is 20.0. The third kappa shape index (κ3) is 5.15. The first-order chi connectivity index (χ1) is 13.6. The van der Waals surface area contributed by atoms with Gasteiger partial charge in [-0.2, -0.15) is 0 Å². The normalized spacial score (nSPS) is 15.9. The van der Waals surface area contributed by atoms with Gasteiger partial charge in [0.2, 0.25) is 5.91 Å². The smallest absolute Gasteiger partial charge is 0.317 e. The van der Waals surface area contributed by atoms with Crippen LogP contribution < -0.4 is 10.6 Å². The molecule has 2 heterocycles. The Morgan fingerprint density at radius 3 is 2.50 bits per heavy atom. The highest BCUT2D eigenvalue weighted by atomic mass is 16.3. The summed E-state index contributed by atoms with van der Waals surface area (Å²) >= 11 is 0. The Bertz CT molecular complexity index is 763. The molecule has 6 heteroatoms. The third-order valence-corrected chi connectivity index (χ3v) is 5.39. The molecule has 1 fully saturated rings. The van der Waals surface area contributed by atoms with E-state index in [1.165, 1.54) is 5.56 Å². The van der Waals surface area contributed by atoms with E-state index in [-0.39, 0.29) is 23.9 Å². The number of hydrogen-bond donors (Lipinski definition) is 2. The van der Waals surface area contributed by atoms with Crippen molar-refractivity contribution >= 4 is 11.9 Å². The second kappa shape index (κ2) is 9.44. The maximum absolute atomic E-state index is 12.6. The lowest BCUT2D eigenvalue weighted by atomic mass is 9.95. The standard InChI is InChI=1S/C22H29N3O3/c1-3-17-6-8-18(9-7-17)16(2)24-21(26)19-10-12-25(13-11-19)22(27)23-15-20-5-4-14-28-20/h4-9,14,16,19H,3,10-13,15H2,1-2H3,(H,23,27)(H,24,26). The predicted octanol–water partition coefficient (Wildman–Crippen LogP) is 3.64. The molecule has 0 saturated carbocycles. The Labute approximate surface area is 166 Å². The fraction of sp³-hybridized carbons (Fsp3) is 0.455. The summed E-state index contributed by atoms with van der Waals surface area (Å²) in [5.41, 5.74) is 2.40. The molecule has 0 bridgehead atoms. The van der Waals surface area contributed by atoms with E-state index < -0.39 is 0 Å². The van der Waals surface area contributed by atoms with Crippen LogP contribution in [0, 0.1) is 5.92 Å². The van der Waals surface area contributed by atoms with Crippen LogP contribution in [0.1, 0.15) is 49.6 Å². The fourth-order valence-corrected chi connectivity index (χ4v) is 3.49. The van der Waals surface area contributed by atoms with E-state index in [0.717, 1.165) is 17.7 Å². The number of benzene rings is 1. The van der Waals surface area contributed by atoms with Crippen molar-refractivity contribution < 1.29 is 14.0 Å². The van der Waals surface area contributed by atoms with Gasteiger partial charge in [0, 0.05) is 19.0 Å².